The summed E-state index contributed by atoms with van der Waals surface area (Å²) in [6.45, 7) is 4.14. The normalized spacial score (nSPS) is 27.9. The van der Waals surface area contributed by atoms with Crippen molar-refractivity contribution in [2.24, 2.45) is 0 Å². The van der Waals surface area contributed by atoms with Crippen LogP contribution in [-0.4, -0.2) is 69.2 Å². The number of sulfonamides is 1. The van der Waals surface area contributed by atoms with Crippen LogP contribution < -0.4 is 5.32 Å². The van der Waals surface area contributed by atoms with Gasteiger partial charge in [-0.3, -0.25) is 4.90 Å². The molecule has 1 unspecified atom stereocenters. The van der Waals surface area contributed by atoms with Crippen LogP contribution in [0.3, 0.4) is 0 Å². The molecule has 1 atom stereocenters. The van der Waals surface area contributed by atoms with Crippen LogP contribution in [0.15, 0.2) is 0 Å². The number of nitrogens with zero attached hydrogens (tertiary/aromatic N) is 2. The topological polar surface area (TPSA) is 52.7 Å². The lowest BCUT2D eigenvalue weighted by Crippen LogP contribution is -2.41. The smallest absolute Gasteiger partial charge is 0.215 e. The van der Waals surface area contributed by atoms with Crippen molar-refractivity contribution in [2.75, 3.05) is 45.5 Å². The van der Waals surface area contributed by atoms with E-state index in [1.165, 1.54) is 6.42 Å². The molecule has 2 aliphatic heterocycles. The number of nitrogens with one attached hydrogen (secondary N) is 1. The zero-order valence-electron chi connectivity index (χ0n) is 10.6. The van der Waals surface area contributed by atoms with Crippen LogP contribution in [0.4, 0.5) is 0 Å². The minimum absolute atomic E-state index is 0.218. The zero-order chi connectivity index (χ0) is 12.3. The third-order valence-electron chi connectivity index (χ3n) is 3.77. The number of fused-ring (bicyclic) bond motifs is 1. The van der Waals surface area contributed by atoms with Gasteiger partial charge in [0.05, 0.1) is 5.75 Å². The van der Waals surface area contributed by atoms with Gasteiger partial charge in [0.25, 0.3) is 0 Å². The summed E-state index contributed by atoms with van der Waals surface area (Å²) >= 11 is 0. The molecule has 2 fully saturated rings. The second kappa shape index (κ2) is 5.65. The number of hydrogen-bond acceptors (Lipinski definition) is 4. The Labute approximate surface area is 104 Å². The molecule has 6 heteroatoms. The Morgan fingerprint density at radius 2 is 2.00 bits per heavy atom. The third-order valence-corrected chi connectivity index (χ3v) is 5.61. The van der Waals surface area contributed by atoms with E-state index in [-0.39, 0.29) is 5.75 Å². The lowest BCUT2D eigenvalue weighted by Gasteiger charge is -2.25. The van der Waals surface area contributed by atoms with E-state index in [9.17, 15) is 8.42 Å². The molecule has 5 nitrogen and oxygen atoms in total. The first kappa shape index (κ1) is 13.3. The highest BCUT2D eigenvalue weighted by molar-refractivity contribution is 7.89. The highest BCUT2D eigenvalue weighted by Crippen LogP contribution is 2.22. The highest BCUT2D eigenvalue weighted by Gasteiger charge is 2.33. The van der Waals surface area contributed by atoms with Crippen molar-refractivity contribution in [3.05, 3.63) is 0 Å². The van der Waals surface area contributed by atoms with Crippen LogP contribution in [0.25, 0.3) is 0 Å². The van der Waals surface area contributed by atoms with Gasteiger partial charge >= 0.3 is 0 Å². The second-order valence-electron chi connectivity index (χ2n) is 4.96. The quantitative estimate of drug-likeness (QED) is 0.755. The van der Waals surface area contributed by atoms with E-state index in [2.05, 4.69) is 10.2 Å². The van der Waals surface area contributed by atoms with Gasteiger partial charge in [-0.1, -0.05) is 0 Å². The summed E-state index contributed by atoms with van der Waals surface area (Å²) in [4.78, 5) is 2.45. The van der Waals surface area contributed by atoms with Crippen molar-refractivity contribution in [3.8, 4) is 0 Å². The van der Waals surface area contributed by atoms with Gasteiger partial charge in [0.1, 0.15) is 0 Å². The summed E-state index contributed by atoms with van der Waals surface area (Å²) in [5, 5.41) is 2.91. The molecule has 17 heavy (non-hydrogen) atoms. The van der Waals surface area contributed by atoms with E-state index < -0.39 is 10.0 Å². The van der Waals surface area contributed by atoms with Gasteiger partial charge in [-0.2, -0.15) is 0 Å². The molecule has 0 spiro atoms. The van der Waals surface area contributed by atoms with Gasteiger partial charge in [-0.05, 0) is 39.4 Å². The van der Waals surface area contributed by atoms with Crippen LogP contribution in [-0.2, 0) is 10.0 Å². The molecule has 2 heterocycles. The average molecular weight is 261 g/mol. The van der Waals surface area contributed by atoms with Crippen molar-refractivity contribution in [1.82, 2.24) is 14.5 Å². The average Bonchev–Trinajstić information content (AvgIpc) is 2.63. The van der Waals surface area contributed by atoms with E-state index in [1.807, 2.05) is 0 Å². The van der Waals surface area contributed by atoms with Crippen LogP contribution >= 0.6 is 0 Å². The van der Waals surface area contributed by atoms with Crippen molar-refractivity contribution in [3.63, 3.8) is 0 Å². The fourth-order valence-electron chi connectivity index (χ4n) is 2.79. The van der Waals surface area contributed by atoms with E-state index in [0.717, 1.165) is 25.9 Å². The van der Waals surface area contributed by atoms with Crippen LogP contribution in [0.2, 0.25) is 0 Å². The van der Waals surface area contributed by atoms with Crippen LogP contribution in [0, 0.1) is 0 Å². The van der Waals surface area contributed by atoms with E-state index in [0.29, 0.717) is 25.7 Å². The number of hydrogen-bond donors (Lipinski definition) is 1. The molecule has 0 aliphatic carbocycles. The Balaban J connectivity index is 2.00. The second-order valence-corrected chi connectivity index (χ2v) is 7.05. The van der Waals surface area contributed by atoms with Gasteiger partial charge in [0.2, 0.25) is 10.0 Å². The SMILES string of the molecule is CNCCS(=O)(=O)N1CCCN2CCCC2C1. The predicted molar refractivity (Wildman–Crippen MR) is 68.5 cm³/mol. The van der Waals surface area contributed by atoms with E-state index in [1.54, 1.807) is 11.4 Å². The molecule has 0 aromatic rings. The van der Waals surface area contributed by atoms with Crippen LogP contribution in [0.5, 0.6) is 0 Å². The van der Waals surface area contributed by atoms with Crippen molar-refractivity contribution in [2.45, 2.75) is 25.3 Å². The summed E-state index contributed by atoms with van der Waals surface area (Å²) in [5.41, 5.74) is 0. The Kier molecular flexibility index (Phi) is 4.41. The molecule has 0 aromatic heterocycles. The van der Waals surface area contributed by atoms with E-state index >= 15 is 0 Å². The molecule has 0 aromatic carbocycles. The monoisotopic (exact) mass is 261 g/mol. The molecular weight excluding hydrogens is 238 g/mol. The minimum atomic E-state index is -3.06. The predicted octanol–water partition coefficient (Wildman–Crippen LogP) is -0.294. The lowest BCUT2D eigenvalue weighted by atomic mass is 10.2. The molecule has 0 bridgehead atoms. The first-order chi connectivity index (χ1) is 8.13. The standard InChI is InChI=1S/C11H23N3O2S/c1-12-5-9-17(15,16)14-8-3-7-13-6-2-4-11(13)10-14/h11-12H,2-10H2,1H3. The summed E-state index contributed by atoms with van der Waals surface area (Å²) in [6.07, 6.45) is 3.34. The number of rotatable bonds is 4. The highest BCUT2D eigenvalue weighted by atomic mass is 32.2. The molecule has 1 N–H and O–H groups in total. The molecule has 2 rings (SSSR count). The molecular formula is C11H23N3O2S. The fourth-order valence-corrected chi connectivity index (χ4v) is 4.31. The summed E-state index contributed by atoms with van der Waals surface area (Å²) in [6, 6.07) is 0.460. The lowest BCUT2D eigenvalue weighted by molar-refractivity contribution is 0.257. The Hall–Kier alpha value is -0.170. The summed E-state index contributed by atoms with van der Waals surface area (Å²) < 4.78 is 26.0. The molecule has 0 amide bonds. The van der Waals surface area contributed by atoms with Gasteiger partial charge < -0.3 is 5.32 Å². The molecule has 0 saturated carbocycles. The fraction of sp³-hybridized carbons (Fsp3) is 1.00. The summed E-state index contributed by atoms with van der Waals surface area (Å²) in [5.74, 6) is 0.218. The van der Waals surface area contributed by atoms with Crippen molar-refractivity contribution in [1.29, 1.82) is 0 Å². The minimum Gasteiger partial charge on any atom is -0.319 e. The molecule has 2 saturated heterocycles. The molecule has 100 valence electrons. The Bertz CT molecular complexity index is 345. The van der Waals surface area contributed by atoms with Crippen molar-refractivity contribution < 1.29 is 8.42 Å². The molecule has 2 aliphatic rings. The van der Waals surface area contributed by atoms with Gasteiger partial charge in [-0.25, -0.2) is 12.7 Å². The first-order valence-corrected chi connectivity index (χ1v) is 8.11. The van der Waals surface area contributed by atoms with Gasteiger partial charge in [0, 0.05) is 25.7 Å². The maximum atomic E-state index is 12.2. The maximum absolute atomic E-state index is 12.2. The van der Waals surface area contributed by atoms with Crippen LogP contribution in [0.1, 0.15) is 19.3 Å². The molecule has 0 radical (unpaired) electrons. The Morgan fingerprint density at radius 1 is 1.24 bits per heavy atom. The zero-order valence-corrected chi connectivity index (χ0v) is 11.4. The third kappa shape index (κ3) is 3.19. The van der Waals surface area contributed by atoms with Gasteiger partial charge in [-0.15, -0.1) is 0 Å². The first-order valence-electron chi connectivity index (χ1n) is 6.50. The van der Waals surface area contributed by atoms with E-state index in [4.69, 9.17) is 0 Å². The maximum Gasteiger partial charge on any atom is 0.215 e. The summed E-state index contributed by atoms with van der Waals surface area (Å²) in [7, 11) is -1.27. The largest absolute Gasteiger partial charge is 0.319 e. The Morgan fingerprint density at radius 3 is 2.76 bits per heavy atom. The van der Waals surface area contributed by atoms with Crippen molar-refractivity contribution >= 4 is 10.0 Å². The van der Waals surface area contributed by atoms with Gasteiger partial charge in [0.15, 0.2) is 0 Å².